The van der Waals surface area contributed by atoms with Gasteiger partial charge < -0.3 is 15.0 Å². The average molecular weight is 403 g/mol. The van der Waals surface area contributed by atoms with Gasteiger partial charge in [-0.25, -0.2) is 4.79 Å². The van der Waals surface area contributed by atoms with Crippen LogP contribution in [-0.4, -0.2) is 36.0 Å². The molecule has 0 aliphatic carbocycles. The number of carbonyl (C=O) groups is 2. The molecular weight excluding hydrogens is 384 g/mol. The molecule has 0 radical (unpaired) electrons. The second-order valence-electron chi connectivity index (χ2n) is 5.92. The lowest BCUT2D eigenvalue weighted by atomic mass is 10.0. The van der Waals surface area contributed by atoms with E-state index in [-0.39, 0.29) is 11.9 Å². The molecule has 0 atom stereocenters. The summed E-state index contributed by atoms with van der Waals surface area (Å²) in [6, 6.07) is 16.4. The molecule has 1 aliphatic rings. The number of hydrogen-bond donors (Lipinski definition) is 1. The lowest BCUT2D eigenvalue weighted by molar-refractivity contribution is 0.0706. The fourth-order valence-electron chi connectivity index (χ4n) is 2.82. The summed E-state index contributed by atoms with van der Waals surface area (Å²) in [4.78, 5) is 26.3. The van der Waals surface area contributed by atoms with Gasteiger partial charge in [-0.15, -0.1) is 0 Å². The fourth-order valence-corrected chi connectivity index (χ4v) is 3.22. The van der Waals surface area contributed by atoms with Crippen molar-refractivity contribution in [3.63, 3.8) is 0 Å². The van der Waals surface area contributed by atoms with Crippen molar-refractivity contribution in [2.45, 2.75) is 18.9 Å². The summed E-state index contributed by atoms with van der Waals surface area (Å²) >= 11 is 3.39. The second kappa shape index (κ2) is 8.16. The molecule has 130 valence electrons. The van der Waals surface area contributed by atoms with Crippen molar-refractivity contribution in [2.75, 3.05) is 13.1 Å². The Labute approximate surface area is 155 Å². The number of ether oxygens (including phenoxy) is 1. The predicted octanol–water partition coefficient (Wildman–Crippen LogP) is 3.84. The normalized spacial score (nSPS) is 14.8. The molecule has 1 saturated heterocycles. The molecule has 1 N–H and O–H groups in total. The van der Waals surface area contributed by atoms with Gasteiger partial charge in [0.1, 0.15) is 5.75 Å². The van der Waals surface area contributed by atoms with Crippen LogP contribution in [0.25, 0.3) is 0 Å². The number of amides is 2. The standard InChI is InChI=1S/C19H19BrN2O3/c20-15-6-4-5-14(13-15)18(23)22-11-9-16(10-12-22)21-19(24)25-17-7-2-1-3-8-17/h1-8,13,16H,9-12H2,(H,21,24). The summed E-state index contributed by atoms with van der Waals surface area (Å²) < 4.78 is 6.13. The molecule has 0 aromatic heterocycles. The third-order valence-corrected chi connectivity index (χ3v) is 4.62. The number of hydrogen-bond acceptors (Lipinski definition) is 3. The lowest BCUT2D eigenvalue weighted by Crippen LogP contribution is -2.47. The van der Waals surface area contributed by atoms with Gasteiger partial charge in [-0.3, -0.25) is 4.79 Å². The first-order chi connectivity index (χ1) is 12.1. The predicted molar refractivity (Wildman–Crippen MR) is 98.7 cm³/mol. The van der Waals surface area contributed by atoms with Crippen molar-refractivity contribution in [1.82, 2.24) is 10.2 Å². The Morgan fingerprint density at radius 2 is 1.76 bits per heavy atom. The van der Waals surface area contributed by atoms with Crippen LogP contribution < -0.4 is 10.1 Å². The van der Waals surface area contributed by atoms with Crippen LogP contribution in [0.1, 0.15) is 23.2 Å². The first-order valence-electron chi connectivity index (χ1n) is 8.20. The molecule has 1 heterocycles. The zero-order valence-corrected chi connectivity index (χ0v) is 15.2. The molecule has 2 aromatic rings. The Kier molecular flexibility index (Phi) is 5.71. The molecule has 0 saturated carbocycles. The van der Waals surface area contributed by atoms with Crippen molar-refractivity contribution < 1.29 is 14.3 Å². The fraction of sp³-hybridized carbons (Fsp3) is 0.263. The minimum atomic E-state index is -0.456. The molecule has 1 aliphatic heterocycles. The summed E-state index contributed by atoms with van der Waals surface area (Å²) in [6.45, 7) is 1.23. The highest BCUT2D eigenvalue weighted by atomic mass is 79.9. The minimum Gasteiger partial charge on any atom is -0.410 e. The van der Waals surface area contributed by atoms with E-state index in [9.17, 15) is 9.59 Å². The van der Waals surface area contributed by atoms with E-state index in [1.165, 1.54) is 0 Å². The van der Waals surface area contributed by atoms with Crippen molar-refractivity contribution in [1.29, 1.82) is 0 Å². The van der Waals surface area contributed by atoms with E-state index in [4.69, 9.17) is 4.74 Å². The average Bonchev–Trinajstić information content (AvgIpc) is 2.62. The van der Waals surface area contributed by atoms with E-state index in [1.54, 1.807) is 12.1 Å². The van der Waals surface area contributed by atoms with E-state index in [0.29, 0.717) is 37.2 Å². The van der Waals surface area contributed by atoms with E-state index >= 15 is 0 Å². The molecular formula is C19H19BrN2O3. The number of rotatable bonds is 3. The van der Waals surface area contributed by atoms with Gasteiger partial charge in [0.05, 0.1) is 0 Å². The zero-order valence-electron chi connectivity index (χ0n) is 13.7. The Morgan fingerprint density at radius 1 is 1.04 bits per heavy atom. The van der Waals surface area contributed by atoms with Crippen LogP contribution in [0.3, 0.4) is 0 Å². The first-order valence-corrected chi connectivity index (χ1v) is 8.99. The number of para-hydroxylation sites is 1. The second-order valence-corrected chi connectivity index (χ2v) is 6.84. The van der Waals surface area contributed by atoms with Crippen molar-refractivity contribution in [2.24, 2.45) is 0 Å². The van der Waals surface area contributed by atoms with Gasteiger partial charge in [0, 0.05) is 29.2 Å². The monoisotopic (exact) mass is 402 g/mol. The van der Waals surface area contributed by atoms with E-state index in [2.05, 4.69) is 21.2 Å². The van der Waals surface area contributed by atoms with Crippen LogP contribution >= 0.6 is 15.9 Å². The lowest BCUT2D eigenvalue weighted by Gasteiger charge is -2.32. The quantitative estimate of drug-likeness (QED) is 0.847. The highest BCUT2D eigenvalue weighted by Crippen LogP contribution is 2.17. The smallest absolute Gasteiger partial charge is 0.410 e. The van der Waals surface area contributed by atoms with Crippen molar-refractivity contribution in [3.8, 4) is 5.75 Å². The number of nitrogens with zero attached hydrogens (tertiary/aromatic N) is 1. The highest BCUT2D eigenvalue weighted by molar-refractivity contribution is 9.10. The van der Waals surface area contributed by atoms with Crippen LogP contribution in [0.4, 0.5) is 4.79 Å². The number of nitrogens with one attached hydrogen (secondary N) is 1. The first kappa shape index (κ1) is 17.5. The van der Waals surface area contributed by atoms with Gasteiger partial charge >= 0.3 is 6.09 Å². The molecule has 3 rings (SSSR count). The Balaban J connectivity index is 1.48. The van der Waals surface area contributed by atoms with Crippen LogP contribution in [-0.2, 0) is 0 Å². The molecule has 5 nitrogen and oxygen atoms in total. The largest absolute Gasteiger partial charge is 0.412 e. The molecule has 0 bridgehead atoms. The maximum Gasteiger partial charge on any atom is 0.412 e. The third-order valence-electron chi connectivity index (χ3n) is 4.13. The van der Waals surface area contributed by atoms with Gasteiger partial charge in [-0.1, -0.05) is 40.2 Å². The number of halogens is 1. The molecule has 6 heteroatoms. The third kappa shape index (κ3) is 4.82. The van der Waals surface area contributed by atoms with E-state index in [1.807, 2.05) is 47.4 Å². The summed E-state index contributed by atoms with van der Waals surface area (Å²) in [5, 5.41) is 2.87. The summed E-state index contributed by atoms with van der Waals surface area (Å²) in [7, 11) is 0. The zero-order chi connectivity index (χ0) is 17.6. The highest BCUT2D eigenvalue weighted by Gasteiger charge is 2.25. The molecule has 0 unspecified atom stereocenters. The summed E-state index contributed by atoms with van der Waals surface area (Å²) in [5.41, 5.74) is 0.671. The molecule has 2 amide bonds. The molecule has 1 fully saturated rings. The van der Waals surface area contributed by atoms with Gasteiger partial charge in [0.15, 0.2) is 0 Å². The number of benzene rings is 2. The van der Waals surface area contributed by atoms with Gasteiger partial charge in [-0.05, 0) is 43.2 Å². The maximum atomic E-state index is 12.5. The van der Waals surface area contributed by atoms with Gasteiger partial charge in [0.2, 0.25) is 0 Å². The molecule has 0 spiro atoms. The van der Waals surface area contributed by atoms with Crippen LogP contribution in [0.5, 0.6) is 5.75 Å². The Morgan fingerprint density at radius 3 is 2.44 bits per heavy atom. The van der Waals surface area contributed by atoms with Crippen LogP contribution in [0.2, 0.25) is 0 Å². The van der Waals surface area contributed by atoms with Crippen molar-refractivity contribution >= 4 is 27.9 Å². The number of carbonyl (C=O) groups excluding carboxylic acids is 2. The molecule has 25 heavy (non-hydrogen) atoms. The van der Waals surface area contributed by atoms with Crippen LogP contribution in [0, 0.1) is 0 Å². The minimum absolute atomic E-state index is 0.0165. The van der Waals surface area contributed by atoms with Crippen molar-refractivity contribution in [3.05, 3.63) is 64.6 Å². The number of piperidine rings is 1. The van der Waals surface area contributed by atoms with Crippen LogP contribution in [0.15, 0.2) is 59.1 Å². The van der Waals surface area contributed by atoms with E-state index < -0.39 is 6.09 Å². The Hall–Kier alpha value is -2.34. The van der Waals surface area contributed by atoms with Gasteiger partial charge in [-0.2, -0.15) is 0 Å². The van der Waals surface area contributed by atoms with E-state index in [0.717, 1.165) is 4.47 Å². The summed E-state index contributed by atoms with van der Waals surface area (Å²) in [5.74, 6) is 0.536. The molecule has 2 aromatic carbocycles. The Bertz CT molecular complexity index is 743. The number of likely N-dealkylation sites (tertiary alicyclic amines) is 1. The summed E-state index contributed by atoms with van der Waals surface area (Å²) in [6.07, 6.45) is 0.968. The SMILES string of the molecule is O=C(NC1CCN(C(=O)c2cccc(Br)c2)CC1)Oc1ccccc1. The van der Waals surface area contributed by atoms with Gasteiger partial charge in [0.25, 0.3) is 5.91 Å². The topological polar surface area (TPSA) is 58.6 Å². The maximum absolute atomic E-state index is 12.5.